The number of anilines is 2. The lowest BCUT2D eigenvalue weighted by Gasteiger charge is -2.16. The van der Waals surface area contributed by atoms with Gasteiger partial charge < -0.3 is 15.4 Å². The highest BCUT2D eigenvalue weighted by Crippen LogP contribution is 2.47. The summed E-state index contributed by atoms with van der Waals surface area (Å²) in [6.07, 6.45) is 1.11. The molecule has 1 aliphatic carbocycles. The molecular weight excluding hydrogens is 316 g/mol. The summed E-state index contributed by atoms with van der Waals surface area (Å²) in [5.74, 6) is 0.125. The molecule has 0 heterocycles. The van der Waals surface area contributed by atoms with E-state index in [0.29, 0.717) is 30.0 Å². The SMILES string of the molecule is COc1cccc(NC(=O)C2(C(=O)Nc3ccc(C)c(C)c3)CC2)c1. The van der Waals surface area contributed by atoms with Gasteiger partial charge in [-0.2, -0.15) is 0 Å². The molecular formula is C20H22N2O3. The van der Waals surface area contributed by atoms with E-state index in [2.05, 4.69) is 10.6 Å². The second kappa shape index (κ2) is 6.59. The first-order valence-electron chi connectivity index (χ1n) is 8.29. The molecule has 130 valence electrons. The van der Waals surface area contributed by atoms with Gasteiger partial charge in [-0.1, -0.05) is 12.1 Å². The zero-order valence-electron chi connectivity index (χ0n) is 14.7. The summed E-state index contributed by atoms with van der Waals surface area (Å²) in [4.78, 5) is 25.3. The predicted molar refractivity (Wildman–Crippen MR) is 97.8 cm³/mol. The van der Waals surface area contributed by atoms with Crippen LogP contribution in [0, 0.1) is 19.3 Å². The quantitative estimate of drug-likeness (QED) is 0.818. The van der Waals surface area contributed by atoms with E-state index in [1.165, 1.54) is 0 Å². The number of rotatable bonds is 5. The molecule has 0 atom stereocenters. The molecule has 25 heavy (non-hydrogen) atoms. The van der Waals surface area contributed by atoms with E-state index in [1.54, 1.807) is 31.4 Å². The average Bonchev–Trinajstić information content (AvgIpc) is 3.40. The van der Waals surface area contributed by atoms with Crippen LogP contribution in [0.4, 0.5) is 11.4 Å². The van der Waals surface area contributed by atoms with Crippen LogP contribution in [-0.2, 0) is 9.59 Å². The Kier molecular flexibility index (Phi) is 4.49. The Labute approximate surface area is 147 Å². The Hall–Kier alpha value is -2.82. The van der Waals surface area contributed by atoms with Gasteiger partial charge in [-0.05, 0) is 62.1 Å². The minimum absolute atomic E-state index is 0.254. The number of hydrogen-bond acceptors (Lipinski definition) is 3. The van der Waals surface area contributed by atoms with Gasteiger partial charge in [0.05, 0.1) is 7.11 Å². The molecule has 1 saturated carbocycles. The van der Waals surface area contributed by atoms with Crippen LogP contribution < -0.4 is 15.4 Å². The lowest BCUT2D eigenvalue weighted by molar-refractivity contribution is -0.131. The van der Waals surface area contributed by atoms with Crippen LogP contribution in [0.15, 0.2) is 42.5 Å². The van der Waals surface area contributed by atoms with Crippen molar-refractivity contribution >= 4 is 23.2 Å². The number of carbonyl (C=O) groups excluding carboxylic acids is 2. The van der Waals surface area contributed by atoms with Crippen molar-refractivity contribution in [3.05, 3.63) is 53.6 Å². The molecule has 0 radical (unpaired) electrons. The molecule has 0 saturated heterocycles. The predicted octanol–water partition coefficient (Wildman–Crippen LogP) is 3.67. The molecule has 2 aromatic carbocycles. The van der Waals surface area contributed by atoms with E-state index in [9.17, 15) is 9.59 Å². The van der Waals surface area contributed by atoms with Crippen LogP contribution in [-0.4, -0.2) is 18.9 Å². The maximum atomic E-state index is 12.7. The molecule has 0 aliphatic heterocycles. The van der Waals surface area contributed by atoms with Gasteiger partial charge in [-0.15, -0.1) is 0 Å². The van der Waals surface area contributed by atoms with Gasteiger partial charge in [0.15, 0.2) is 0 Å². The third-order valence-electron chi connectivity index (χ3n) is 4.71. The second-order valence-corrected chi connectivity index (χ2v) is 6.52. The van der Waals surface area contributed by atoms with E-state index in [-0.39, 0.29) is 11.8 Å². The number of amides is 2. The summed E-state index contributed by atoms with van der Waals surface area (Å²) in [6, 6.07) is 12.8. The van der Waals surface area contributed by atoms with Gasteiger partial charge >= 0.3 is 0 Å². The van der Waals surface area contributed by atoms with Crippen LogP contribution >= 0.6 is 0 Å². The first kappa shape index (κ1) is 17.0. The number of hydrogen-bond donors (Lipinski definition) is 2. The highest BCUT2D eigenvalue weighted by atomic mass is 16.5. The standard InChI is InChI=1S/C20H22N2O3/c1-13-7-8-16(11-14(13)2)22-19(24)20(9-10-20)18(23)21-15-5-4-6-17(12-15)25-3/h4-8,11-12H,9-10H2,1-3H3,(H,21,23)(H,22,24). The highest BCUT2D eigenvalue weighted by Gasteiger charge is 2.56. The summed E-state index contributed by atoms with van der Waals surface area (Å²) < 4.78 is 5.15. The Morgan fingerprint density at radius 2 is 1.56 bits per heavy atom. The third kappa shape index (κ3) is 3.50. The Morgan fingerprint density at radius 3 is 2.12 bits per heavy atom. The fourth-order valence-corrected chi connectivity index (χ4v) is 2.70. The van der Waals surface area contributed by atoms with Crippen LogP contribution in [0.25, 0.3) is 0 Å². The molecule has 1 aliphatic rings. The molecule has 0 aromatic heterocycles. The van der Waals surface area contributed by atoms with Crippen LogP contribution in [0.1, 0.15) is 24.0 Å². The van der Waals surface area contributed by atoms with E-state index in [0.717, 1.165) is 11.1 Å². The normalized spacial score (nSPS) is 14.5. The van der Waals surface area contributed by atoms with Crippen molar-refractivity contribution in [1.29, 1.82) is 0 Å². The van der Waals surface area contributed by atoms with Gasteiger partial charge in [-0.25, -0.2) is 0 Å². The lowest BCUT2D eigenvalue weighted by atomic mass is 10.0. The van der Waals surface area contributed by atoms with Gasteiger partial charge in [0.25, 0.3) is 0 Å². The molecule has 0 unspecified atom stereocenters. The van der Waals surface area contributed by atoms with Crippen LogP contribution in [0.3, 0.4) is 0 Å². The van der Waals surface area contributed by atoms with Crippen molar-refractivity contribution in [2.75, 3.05) is 17.7 Å². The topological polar surface area (TPSA) is 67.4 Å². The number of benzene rings is 2. The van der Waals surface area contributed by atoms with Crippen molar-refractivity contribution in [1.82, 2.24) is 0 Å². The lowest BCUT2D eigenvalue weighted by Crippen LogP contribution is -2.35. The van der Waals surface area contributed by atoms with Crippen molar-refractivity contribution in [3.63, 3.8) is 0 Å². The monoisotopic (exact) mass is 338 g/mol. The number of carbonyl (C=O) groups is 2. The molecule has 2 N–H and O–H groups in total. The first-order chi connectivity index (χ1) is 11.9. The molecule has 0 bridgehead atoms. The smallest absolute Gasteiger partial charge is 0.240 e. The third-order valence-corrected chi connectivity index (χ3v) is 4.71. The van der Waals surface area contributed by atoms with Gasteiger partial charge in [0, 0.05) is 17.4 Å². The van der Waals surface area contributed by atoms with E-state index < -0.39 is 5.41 Å². The second-order valence-electron chi connectivity index (χ2n) is 6.52. The Balaban J connectivity index is 1.71. The summed E-state index contributed by atoms with van der Waals surface area (Å²) in [7, 11) is 1.57. The molecule has 5 heteroatoms. The van der Waals surface area contributed by atoms with Crippen molar-refractivity contribution in [2.45, 2.75) is 26.7 Å². The van der Waals surface area contributed by atoms with Gasteiger partial charge in [0.1, 0.15) is 11.2 Å². The highest BCUT2D eigenvalue weighted by molar-refractivity contribution is 6.16. The minimum Gasteiger partial charge on any atom is -0.497 e. The summed E-state index contributed by atoms with van der Waals surface area (Å²) >= 11 is 0. The molecule has 2 aromatic rings. The summed E-state index contributed by atoms with van der Waals surface area (Å²) in [5, 5.41) is 5.70. The number of aryl methyl sites for hydroxylation is 2. The van der Waals surface area contributed by atoms with Crippen molar-refractivity contribution < 1.29 is 14.3 Å². The van der Waals surface area contributed by atoms with E-state index in [1.807, 2.05) is 32.0 Å². The van der Waals surface area contributed by atoms with E-state index >= 15 is 0 Å². The largest absolute Gasteiger partial charge is 0.497 e. The van der Waals surface area contributed by atoms with Crippen LogP contribution in [0.2, 0.25) is 0 Å². The Bertz CT molecular complexity index is 825. The van der Waals surface area contributed by atoms with Gasteiger partial charge in [-0.3, -0.25) is 9.59 Å². The number of nitrogens with one attached hydrogen (secondary N) is 2. The number of ether oxygens (including phenoxy) is 1. The fourth-order valence-electron chi connectivity index (χ4n) is 2.70. The maximum Gasteiger partial charge on any atom is 0.240 e. The first-order valence-corrected chi connectivity index (χ1v) is 8.29. The van der Waals surface area contributed by atoms with Crippen LogP contribution in [0.5, 0.6) is 5.75 Å². The summed E-state index contributed by atoms with van der Waals surface area (Å²) in [5.41, 5.74) is 2.61. The molecule has 5 nitrogen and oxygen atoms in total. The summed E-state index contributed by atoms with van der Waals surface area (Å²) in [6.45, 7) is 4.01. The molecule has 0 spiro atoms. The minimum atomic E-state index is -0.984. The molecule has 2 amide bonds. The average molecular weight is 338 g/mol. The molecule has 3 rings (SSSR count). The van der Waals surface area contributed by atoms with Gasteiger partial charge in [0.2, 0.25) is 11.8 Å². The zero-order valence-corrected chi connectivity index (χ0v) is 14.7. The maximum absolute atomic E-state index is 12.7. The van der Waals surface area contributed by atoms with Crippen molar-refractivity contribution in [2.24, 2.45) is 5.41 Å². The number of methoxy groups -OCH3 is 1. The molecule has 1 fully saturated rings. The fraction of sp³-hybridized carbons (Fsp3) is 0.300. The zero-order chi connectivity index (χ0) is 18.0. The Morgan fingerprint density at radius 1 is 0.920 bits per heavy atom. The van der Waals surface area contributed by atoms with Crippen molar-refractivity contribution in [3.8, 4) is 5.75 Å². The van der Waals surface area contributed by atoms with E-state index in [4.69, 9.17) is 4.74 Å².